The number of ether oxygens (including phenoxy) is 1. The Bertz CT molecular complexity index is 959. The Kier molecular flexibility index (Phi) is 6.78. The van der Waals surface area contributed by atoms with E-state index >= 15 is 0 Å². The minimum atomic E-state index is -0.626. The van der Waals surface area contributed by atoms with Crippen molar-refractivity contribution in [3.63, 3.8) is 0 Å². The van der Waals surface area contributed by atoms with Gasteiger partial charge in [0, 0.05) is 24.5 Å². The zero-order chi connectivity index (χ0) is 20.8. The van der Waals surface area contributed by atoms with Crippen LogP contribution in [0.3, 0.4) is 0 Å². The number of methoxy groups -OCH3 is 1. The molecule has 1 aromatic carbocycles. The van der Waals surface area contributed by atoms with Crippen molar-refractivity contribution in [2.75, 3.05) is 19.0 Å². The molecule has 1 aliphatic heterocycles. The van der Waals surface area contributed by atoms with Gasteiger partial charge in [0.2, 0.25) is 16.9 Å². The molecule has 0 aliphatic carbocycles. The van der Waals surface area contributed by atoms with Gasteiger partial charge in [-0.25, -0.2) is 9.78 Å². The van der Waals surface area contributed by atoms with E-state index in [0.717, 1.165) is 0 Å². The van der Waals surface area contributed by atoms with Crippen LogP contribution in [-0.2, 0) is 14.3 Å². The second-order valence-corrected chi connectivity index (χ2v) is 7.89. The number of aliphatic imine (C=N–C) groups is 1. The van der Waals surface area contributed by atoms with E-state index in [1.165, 1.54) is 35.1 Å². The van der Waals surface area contributed by atoms with Crippen LogP contribution in [0.2, 0.25) is 0 Å². The maximum Gasteiger partial charge on any atom is 0.339 e. The Balaban J connectivity index is 1.73. The van der Waals surface area contributed by atoms with E-state index in [9.17, 15) is 14.4 Å². The molecular weight excluding hydrogens is 412 g/mol. The number of hydrogen-bond acceptors (Lipinski definition) is 8. The quantitative estimate of drug-likeness (QED) is 0.535. The van der Waals surface area contributed by atoms with E-state index in [1.54, 1.807) is 41.9 Å². The summed E-state index contributed by atoms with van der Waals surface area (Å²) in [4.78, 5) is 47.2. The summed E-state index contributed by atoms with van der Waals surface area (Å²) >= 11 is 2.57. The van der Waals surface area contributed by atoms with Crippen LogP contribution in [0.1, 0.15) is 16.8 Å². The van der Waals surface area contributed by atoms with Crippen molar-refractivity contribution in [1.29, 1.82) is 0 Å². The number of amides is 2. The van der Waals surface area contributed by atoms with Crippen LogP contribution in [0.25, 0.3) is 0 Å². The number of carbonyl (C=O) groups is 3. The highest BCUT2D eigenvalue weighted by atomic mass is 32.2. The number of nitrogens with one attached hydrogen (secondary N) is 1. The minimum absolute atomic E-state index is 0.0659. The van der Waals surface area contributed by atoms with E-state index < -0.39 is 11.2 Å². The van der Waals surface area contributed by atoms with Gasteiger partial charge in [0.15, 0.2) is 5.17 Å². The summed E-state index contributed by atoms with van der Waals surface area (Å²) in [5.41, 5.74) is 0.576. The number of carbonyl (C=O) groups excluding carboxylic acids is 3. The van der Waals surface area contributed by atoms with Gasteiger partial charge in [-0.2, -0.15) is 4.99 Å². The van der Waals surface area contributed by atoms with Gasteiger partial charge >= 0.3 is 5.97 Å². The van der Waals surface area contributed by atoms with Crippen LogP contribution in [0, 0.1) is 0 Å². The molecule has 2 aromatic rings. The molecule has 2 amide bonds. The first-order valence-corrected chi connectivity index (χ1v) is 10.3. The normalized spacial score (nSPS) is 17.4. The first-order chi connectivity index (χ1) is 14.0. The highest BCUT2D eigenvalue weighted by Gasteiger charge is 2.38. The lowest BCUT2D eigenvalue weighted by Crippen LogP contribution is -2.33. The Morgan fingerprint density at radius 2 is 2.21 bits per heavy atom. The number of thiazole rings is 1. The number of hydrogen-bond donors (Lipinski definition) is 1. The molecule has 1 aliphatic rings. The maximum absolute atomic E-state index is 12.7. The number of para-hydroxylation sites is 1. The number of anilines is 1. The largest absolute Gasteiger partial charge is 0.465 e. The van der Waals surface area contributed by atoms with Gasteiger partial charge in [0.25, 0.3) is 0 Å². The minimum Gasteiger partial charge on any atom is -0.465 e. The molecule has 2 heterocycles. The molecule has 29 heavy (non-hydrogen) atoms. The van der Waals surface area contributed by atoms with Crippen LogP contribution >= 0.6 is 23.1 Å². The first kappa shape index (κ1) is 20.7. The lowest BCUT2D eigenvalue weighted by molar-refractivity contribution is -0.127. The number of amidine groups is 1. The van der Waals surface area contributed by atoms with Gasteiger partial charge in [-0.05, 0) is 12.1 Å². The van der Waals surface area contributed by atoms with Crippen molar-refractivity contribution in [2.45, 2.75) is 11.7 Å². The molecule has 3 rings (SSSR count). The van der Waals surface area contributed by atoms with Crippen molar-refractivity contribution in [1.82, 2.24) is 9.88 Å². The Labute approximate surface area is 175 Å². The molecule has 1 N–H and O–H groups in total. The molecule has 0 spiro atoms. The van der Waals surface area contributed by atoms with Gasteiger partial charge < -0.3 is 10.1 Å². The highest BCUT2D eigenvalue weighted by Crippen LogP contribution is 2.32. The fourth-order valence-electron chi connectivity index (χ4n) is 2.62. The monoisotopic (exact) mass is 430 g/mol. The third-order valence-electron chi connectivity index (χ3n) is 3.92. The molecule has 150 valence electrons. The Morgan fingerprint density at radius 1 is 1.41 bits per heavy atom. The maximum atomic E-state index is 12.7. The zero-order valence-corrected chi connectivity index (χ0v) is 17.2. The second kappa shape index (κ2) is 9.48. The molecule has 1 aromatic heterocycles. The highest BCUT2D eigenvalue weighted by molar-refractivity contribution is 8.15. The molecule has 8 nitrogen and oxygen atoms in total. The summed E-state index contributed by atoms with van der Waals surface area (Å²) in [6.07, 6.45) is 3.17. The molecular formula is C19H18N4O4S2. The number of nitrogens with zero attached hydrogens (tertiary/aromatic N) is 3. The molecule has 10 heteroatoms. The van der Waals surface area contributed by atoms with Gasteiger partial charge in [-0.1, -0.05) is 30.0 Å². The molecule has 0 saturated carbocycles. The van der Waals surface area contributed by atoms with Gasteiger partial charge in [-0.3, -0.25) is 14.5 Å². The van der Waals surface area contributed by atoms with Gasteiger partial charge in [0.05, 0.1) is 18.4 Å². The van der Waals surface area contributed by atoms with Crippen LogP contribution in [0.15, 0.2) is 53.5 Å². The van der Waals surface area contributed by atoms with Crippen molar-refractivity contribution < 1.29 is 19.1 Å². The Hall–Kier alpha value is -2.98. The lowest BCUT2D eigenvalue weighted by atomic mass is 10.1. The second-order valence-electron chi connectivity index (χ2n) is 5.84. The predicted molar refractivity (Wildman–Crippen MR) is 114 cm³/mol. The topological polar surface area (TPSA) is 101 Å². The van der Waals surface area contributed by atoms with Crippen molar-refractivity contribution in [2.24, 2.45) is 4.99 Å². The van der Waals surface area contributed by atoms with Crippen LogP contribution < -0.4 is 5.32 Å². The lowest BCUT2D eigenvalue weighted by Gasteiger charge is -2.13. The molecule has 1 saturated heterocycles. The standard InChI is InChI=1S/C19H18N4O4S2/c1-3-9-23-16(25)14(29-19(23)22-18-20-8-10-28-18)11-15(24)21-13-7-5-4-6-12(13)17(26)27-2/h3-8,10,14H,1,9,11H2,2H3,(H,21,24). The third-order valence-corrected chi connectivity index (χ3v) is 5.76. The number of thioether (sulfide) groups is 1. The van der Waals surface area contributed by atoms with E-state index in [1.807, 2.05) is 0 Å². The molecule has 1 unspecified atom stereocenters. The average molecular weight is 431 g/mol. The average Bonchev–Trinajstić information content (AvgIpc) is 3.32. The summed E-state index contributed by atoms with van der Waals surface area (Å²) < 4.78 is 4.73. The van der Waals surface area contributed by atoms with E-state index in [-0.39, 0.29) is 23.8 Å². The van der Waals surface area contributed by atoms with Crippen molar-refractivity contribution in [3.8, 4) is 0 Å². The fourth-order valence-corrected chi connectivity index (χ4v) is 4.34. The van der Waals surface area contributed by atoms with Gasteiger partial charge in [-0.15, -0.1) is 17.9 Å². The first-order valence-electron chi connectivity index (χ1n) is 8.57. The van der Waals surface area contributed by atoms with Crippen LogP contribution in [0.5, 0.6) is 0 Å². The summed E-state index contributed by atoms with van der Waals surface area (Å²) in [6.45, 7) is 3.96. The summed E-state index contributed by atoms with van der Waals surface area (Å²) in [5, 5.41) is 4.87. The van der Waals surface area contributed by atoms with E-state index in [4.69, 9.17) is 4.74 Å². The third kappa shape index (κ3) is 4.90. The van der Waals surface area contributed by atoms with Crippen LogP contribution in [-0.4, -0.2) is 51.7 Å². The zero-order valence-electron chi connectivity index (χ0n) is 15.5. The molecule has 0 radical (unpaired) electrons. The number of rotatable bonds is 7. The number of aromatic nitrogens is 1. The SMILES string of the molecule is C=CCN1C(=O)C(CC(=O)Nc2ccccc2C(=O)OC)SC1=Nc1nccs1. The number of esters is 1. The van der Waals surface area contributed by atoms with E-state index in [2.05, 4.69) is 21.9 Å². The molecule has 1 atom stereocenters. The van der Waals surface area contributed by atoms with Crippen molar-refractivity contribution >= 4 is 56.9 Å². The fraction of sp³-hybridized carbons (Fsp3) is 0.211. The van der Waals surface area contributed by atoms with E-state index in [0.29, 0.717) is 22.5 Å². The van der Waals surface area contributed by atoms with Crippen molar-refractivity contribution in [3.05, 3.63) is 54.1 Å². The van der Waals surface area contributed by atoms with Gasteiger partial charge in [0.1, 0.15) is 5.25 Å². The summed E-state index contributed by atoms with van der Waals surface area (Å²) in [6, 6.07) is 6.53. The summed E-state index contributed by atoms with van der Waals surface area (Å²) in [7, 11) is 1.27. The summed E-state index contributed by atoms with van der Waals surface area (Å²) in [5.74, 6) is -1.16. The smallest absolute Gasteiger partial charge is 0.339 e. The predicted octanol–water partition coefficient (Wildman–Crippen LogP) is 3.08. The molecule has 0 bridgehead atoms. The molecule has 1 fully saturated rings. The Morgan fingerprint density at radius 3 is 2.90 bits per heavy atom. The number of benzene rings is 1. The van der Waals surface area contributed by atoms with Crippen LogP contribution in [0.4, 0.5) is 10.8 Å².